The topological polar surface area (TPSA) is 56.3 Å². The average molecular weight is 272 g/mol. The van der Waals surface area contributed by atoms with E-state index in [1.807, 2.05) is 35.4 Å². The van der Waals surface area contributed by atoms with Crippen LogP contribution in [0.3, 0.4) is 0 Å². The monoisotopic (exact) mass is 272 g/mol. The van der Waals surface area contributed by atoms with Crippen LogP contribution < -0.4 is 0 Å². The summed E-state index contributed by atoms with van der Waals surface area (Å²) in [6.45, 7) is 0.795. The lowest BCUT2D eigenvalue weighted by molar-refractivity contribution is 0.0600. The molecular formula is C16H20N2O2. The van der Waals surface area contributed by atoms with Crippen molar-refractivity contribution in [3.8, 4) is 0 Å². The normalized spacial score (nSPS) is 20.1. The predicted octanol–water partition coefficient (Wildman–Crippen LogP) is 2.55. The standard InChI is InChI=1S/C16H20N2O2/c19-11-14-4-2-1-3-9-18(14)16(20)13-6-5-12-7-8-17-15(12)10-13/h5-8,10,14,17,19H,1-4,9,11H2. The number of fused-ring (bicyclic) bond motifs is 1. The van der Waals surface area contributed by atoms with Crippen molar-refractivity contribution in [1.82, 2.24) is 9.88 Å². The van der Waals surface area contributed by atoms with Gasteiger partial charge in [0, 0.05) is 23.8 Å². The number of aliphatic hydroxyl groups is 1. The molecule has 0 aliphatic carbocycles. The van der Waals surface area contributed by atoms with Gasteiger partial charge in [0.05, 0.1) is 12.6 Å². The summed E-state index contributed by atoms with van der Waals surface area (Å²) < 4.78 is 0. The summed E-state index contributed by atoms with van der Waals surface area (Å²) in [4.78, 5) is 17.7. The second-order valence-corrected chi connectivity index (χ2v) is 5.46. The predicted molar refractivity (Wildman–Crippen MR) is 78.7 cm³/mol. The molecule has 1 aliphatic rings. The van der Waals surface area contributed by atoms with E-state index in [1.165, 1.54) is 0 Å². The van der Waals surface area contributed by atoms with Gasteiger partial charge in [-0.25, -0.2) is 0 Å². The maximum Gasteiger partial charge on any atom is 0.254 e. The molecule has 1 aliphatic heterocycles. The van der Waals surface area contributed by atoms with Gasteiger partial charge in [-0.3, -0.25) is 4.79 Å². The lowest BCUT2D eigenvalue weighted by Gasteiger charge is -2.28. The van der Waals surface area contributed by atoms with Crippen molar-refractivity contribution in [2.45, 2.75) is 31.7 Å². The minimum Gasteiger partial charge on any atom is -0.394 e. The number of nitrogens with zero attached hydrogens (tertiary/aromatic N) is 1. The first-order valence-corrected chi connectivity index (χ1v) is 7.28. The summed E-state index contributed by atoms with van der Waals surface area (Å²) in [7, 11) is 0. The quantitative estimate of drug-likeness (QED) is 0.882. The third-order valence-electron chi connectivity index (χ3n) is 4.15. The van der Waals surface area contributed by atoms with Crippen LogP contribution in [-0.2, 0) is 0 Å². The SMILES string of the molecule is O=C(c1ccc2cc[nH]c2c1)N1CCCCCC1CO. The van der Waals surface area contributed by atoms with Gasteiger partial charge in [-0.15, -0.1) is 0 Å². The van der Waals surface area contributed by atoms with Gasteiger partial charge < -0.3 is 15.0 Å². The number of hydrogen-bond acceptors (Lipinski definition) is 2. The lowest BCUT2D eigenvalue weighted by atomic mass is 10.1. The van der Waals surface area contributed by atoms with Crippen molar-refractivity contribution in [2.24, 2.45) is 0 Å². The molecule has 0 radical (unpaired) electrons. The number of H-pyrrole nitrogens is 1. The number of aromatic nitrogens is 1. The first kappa shape index (κ1) is 13.2. The van der Waals surface area contributed by atoms with Gasteiger partial charge in [-0.1, -0.05) is 18.9 Å². The van der Waals surface area contributed by atoms with Gasteiger partial charge in [0.2, 0.25) is 0 Å². The molecule has 1 aromatic carbocycles. The number of nitrogens with one attached hydrogen (secondary N) is 1. The Bertz CT molecular complexity index is 605. The Kier molecular flexibility index (Phi) is 3.74. The van der Waals surface area contributed by atoms with E-state index in [-0.39, 0.29) is 18.6 Å². The number of aliphatic hydroxyl groups excluding tert-OH is 1. The highest BCUT2D eigenvalue weighted by molar-refractivity contribution is 5.98. The van der Waals surface area contributed by atoms with Crippen LogP contribution in [0.2, 0.25) is 0 Å². The van der Waals surface area contributed by atoms with Gasteiger partial charge in [-0.05, 0) is 36.4 Å². The van der Waals surface area contributed by atoms with Crippen molar-refractivity contribution in [3.05, 3.63) is 36.0 Å². The third kappa shape index (κ3) is 2.43. The molecule has 0 spiro atoms. The number of likely N-dealkylation sites (tertiary alicyclic amines) is 1. The fourth-order valence-corrected chi connectivity index (χ4v) is 2.98. The number of carbonyl (C=O) groups excluding carboxylic acids is 1. The number of benzene rings is 1. The van der Waals surface area contributed by atoms with E-state index < -0.39 is 0 Å². The zero-order valence-corrected chi connectivity index (χ0v) is 11.5. The Labute approximate surface area is 118 Å². The Morgan fingerprint density at radius 2 is 2.20 bits per heavy atom. The van der Waals surface area contributed by atoms with Crippen LogP contribution in [0.15, 0.2) is 30.5 Å². The molecule has 1 saturated heterocycles. The van der Waals surface area contributed by atoms with Gasteiger partial charge in [0.25, 0.3) is 5.91 Å². The van der Waals surface area contributed by atoms with E-state index in [0.29, 0.717) is 5.56 Å². The second kappa shape index (κ2) is 5.67. The smallest absolute Gasteiger partial charge is 0.254 e. The molecule has 0 saturated carbocycles. The molecule has 106 valence electrons. The summed E-state index contributed by atoms with van der Waals surface area (Å²) in [5.74, 6) is 0.0300. The molecule has 2 N–H and O–H groups in total. The number of hydrogen-bond donors (Lipinski definition) is 2. The van der Waals surface area contributed by atoms with Crippen LogP contribution >= 0.6 is 0 Å². The zero-order valence-electron chi connectivity index (χ0n) is 11.5. The van der Waals surface area contributed by atoms with Crippen molar-refractivity contribution in [2.75, 3.05) is 13.2 Å². The van der Waals surface area contributed by atoms with Crippen LogP contribution in [0, 0.1) is 0 Å². The van der Waals surface area contributed by atoms with Gasteiger partial charge >= 0.3 is 0 Å². The number of amides is 1. The zero-order chi connectivity index (χ0) is 13.9. The van der Waals surface area contributed by atoms with Crippen LogP contribution in [-0.4, -0.2) is 40.1 Å². The highest BCUT2D eigenvalue weighted by Crippen LogP contribution is 2.21. The van der Waals surface area contributed by atoms with Crippen molar-refractivity contribution in [3.63, 3.8) is 0 Å². The van der Waals surface area contributed by atoms with Crippen LogP contribution in [0.5, 0.6) is 0 Å². The second-order valence-electron chi connectivity index (χ2n) is 5.46. The Morgan fingerprint density at radius 1 is 1.30 bits per heavy atom. The fraction of sp³-hybridized carbons (Fsp3) is 0.438. The molecule has 1 fully saturated rings. The highest BCUT2D eigenvalue weighted by Gasteiger charge is 2.25. The minimum absolute atomic E-state index is 0.0300. The van der Waals surface area contributed by atoms with Gasteiger partial charge in [-0.2, -0.15) is 0 Å². The summed E-state index contributed by atoms with van der Waals surface area (Å²) >= 11 is 0. The molecule has 1 amide bonds. The minimum atomic E-state index is -0.0376. The lowest BCUT2D eigenvalue weighted by Crippen LogP contribution is -2.42. The van der Waals surface area contributed by atoms with Crippen LogP contribution in [0.25, 0.3) is 10.9 Å². The molecule has 2 heterocycles. The third-order valence-corrected chi connectivity index (χ3v) is 4.15. The van der Waals surface area contributed by atoms with Gasteiger partial charge in [0.1, 0.15) is 0 Å². The average Bonchev–Trinajstić information content (AvgIpc) is 2.81. The molecule has 1 aromatic heterocycles. The van der Waals surface area contributed by atoms with E-state index in [1.54, 1.807) is 0 Å². The first-order chi connectivity index (χ1) is 9.79. The molecule has 2 aromatic rings. The summed E-state index contributed by atoms with van der Waals surface area (Å²) in [6, 6.07) is 7.69. The Balaban J connectivity index is 1.88. The van der Waals surface area contributed by atoms with Gasteiger partial charge in [0.15, 0.2) is 0 Å². The molecule has 1 unspecified atom stereocenters. The molecule has 20 heavy (non-hydrogen) atoms. The van der Waals surface area contributed by atoms with E-state index >= 15 is 0 Å². The van der Waals surface area contributed by atoms with E-state index in [2.05, 4.69) is 4.98 Å². The molecular weight excluding hydrogens is 252 g/mol. The Hall–Kier alpha value is -1.81. The molecule has 0 bridgehead atoms. The van der Waals surface area contributed by atoms with E-state index in [9.17, 15) is 9.90 Å². The summed E-state index contributed by atoms with van der Waals surface area (Å²) in [5, 5.41) is 10.6. The Morgan fingerprint density at radius 3 is 3.05 bits per heavy atom. The van der Waals surface area contributed by atoms with E-state index in [4.69, 9.17) is 0 Å². The van der Waals surface area contributed by atoms with Crippen molar-refractivity contribution in [1.29, 1.82) is 0 Å². The van der Waals surface area contributed by atoms with E-state index in [0.717, 1.165) is 43.1 Å². The molecule has 4 nitrogen and oxygen atoms in total. The largest absolute Gasteiger partial charge is 0.394 e. The number of aromatic amines is 1. The van der Waals surface area contributed by atoms with Crippen LogP contribution in [0.4, 0.5) is 0 Å². The van der Waals surface area contributed by atoms with Crippen molar-refractivity contribution >= 4 is 16.8 Å². The first-order valence-electron chi connectivity index (χ1n) is 7.28. The van der Waals surface area contributed by atoms with Crippen LogP contribution in [0.1, 0.15) is 36.0 Å². The maximum atomic E-state index is 12.7. The molecule has 1 atom stereocenters. The fourth-order valence-electron chi connectivity index (χ4n) is 2.98. The highest BCUT2D eigenvalue weighted by atomic mass is 16.3. The molecule has 4 heteroatoms. The number of rotatable bonds is 2. The van der Waals surface area contributed by atoms with Crippen molar-refractivity contribution < 1.29 is 9.90 Å². The summed E-state index contributed by atoms with van der Waals surface area (Å²) in [5.41, 5.74) is 1.67. The maximum absolute atomic E-state index is 12.7. The number of carbonyl (C=O) groups is 1. The molecule has 3 rings (SSSR count). The summed E-state index contributed by atoms with van der Waals surface area (Å²) in [6.07, 6.45) is 6.02.